The number of hydrogen-bond donors (Lipinski definition) is 0. The van der Waals surface area contributed by atoms with Gasteiger partial charge in [0.1, 0.15) is 5.65 Å². The molecule has 0 aliphatic carbocycles. The summed E-state index contributed by atoms with van der Waals surface area (Å²) in [7, 11) is 0. The predicted molar refractivity (Wildman–Crippen MR) is 109 cm³/mol. The van der Waals surface area contributed by atoms with Gasteiger partial charge >= 0.3 is 0 Å². The van der Waals surface area contributed by atoms with Gasteiger partial charge in [-0.3, -0.25) is 14.2 Å². The number of hydrogen-bond acceptors (Lipinski definition) is 3. The number of pyridine rings is 2. The minimum atomic E-state index is -3.04. The van der Waals surface area contributed by atoms with E-state index in [1.165, 1.54) is 23.1 Å². The molecular formula is C22H27F2N3O. The van der Waals surface area contributed by atoms with E-state index in [-0.39, 0.29) is 17.0 Å². The molecule has 0 saturated carbocycles. The highest BCUT2D eigenvalue weighted by Gasteiger charge is 2.27. The summed E-state index contributed by atoms with van der Waals surface area (Å²) < 4.78 is 28.9. The zero-order valence-corrected chi connectivity index (χ0v) is 17.3. The molecule has 0 spiro atoms. The lowest BCUT2D eigenvalue weighted by atomic mass is 10.00. The molecular weight excluding hydrogens is 360 g/mol. The second kappa shape index (κ2) is 8.59. The average Bonchev–Trinajstić information content (AvgIpc) is 2.64. The van der Waals surface area contributed by atoms with Gasteiger partial charge in [0.2, 0.25) is 0 Å². The quantitative estimate of drug-likeness (QED) is 0.578. The Kier molecular flexibility index (Phi) is 6.65. The van der Waals surface area contributed by atoms with E-state index >= 15 is 0 Å². The molecule has 3 heterocycles. The van der Waals surface area contributed by atoms with Crippen LogP contribution in [0.15, 0.2) is 41.5 Å². The van der Waals surface area contributed by atoms with Crippen molar-refractivity contribution < 1.29 is 8.78 Å². The molecule has 0 unspecified atom stereocenters. The van der Waals surface area contributed by atoms with Crippen molar-refractivity contribution in [3.63, 3.8) is 0 Å². The molecule has 0 atom stereocenters. The monoisotopic (exact) mass is 387 g/mol. The van der Waals surface area contributed by atoms with Gasteiger partial charge in [-0.05, 0) is 36.6 Å². The normalized spacial score (nSPS) is 11.5. The van der Waals surface area contributed by atoms with Crippen molar-refractivity contribution >= 4 is 5.65 Å². The summed E-state index contributed by atoms with van der Waals surface area (Å²) in [5.41, 5.74) is 1.87. The molecule has 4 nitrogen and oxygen atoms in total. The minimum absolute atomic E-state index is 0.0662. The lowest BCUT2D eigenvalue weighted by molar-refractivity contribution is 0.0169. The Bertz CT molecular complexity index is 1010. The molecule has 3 aromatic heterocycles. The number of rotatable bonds is 3. The third kappa shape index (κ3) is 4.43. The van der Waals surface area contributed by atoms with Crippen molar-refractivity contribution in [3.05, 3.63) is 63.7 Å². The van der Waals surface area contributed by atoms with E-state index in [9.17, 15) is 13.6 Å². The Morgan fingerprint density at radius 3 is 2.36 bits per heavy atom. The number of alkyl halides is 2. The zero-order chi connectivity index (χ0) is 21.1. The predicted octanol–water partition coefficient (Wildman–Crippen LogP) is 5.72. The highest BCUT2D eigenvalue weighted by atomic mass is 19.3. The molecule has 150 valence electrons. The van der Waals surface area contributed by atoms with Crippen molar-refractivity contribution in [2.45, 2.75) is 59.8 Å². The van der Waals surface area contributed by atoms with Crippen LogP contribution in [0, 0.1) is 6.92 Å². The van der Waals surface area contributed by atoms with Crippen LogP contribution in [0.3, 0.4) is 0 Å². The molecule has 0 bridgehead atoms. The molecule has 0 aliphatic heterocycles. The fraction of sp³-hybridized carbons (Fsp3) is 0.409. The molecule has 0 amide bonds. The molecule has 28 heavy (non-hydrogen) atoms. The zero-order valence-electron chi connectivity index (χ0n) is 17.3. The molecule has 0 aliphatic rings. The topological polar surface area (TPSA) is 47.3 Å². The van der Waals surface area contributed by atoms with Gasteiger partial charge in [0.15, 0.2) is 0 Å². The fourth-order valence-electron chi connectivity index (χ4n) is 2.77. The summed E-state index contributed by atoms with van der Waals surface area (Å²) in [4.78, 5) is 21.7. The Morgan fingerprint density at radius 2 is 1.86 bits per heavy atom. The van der Waals surface area contributed by atoms with E-state index in [0.717, 1.165) is 6.92 Å². The molecule has 3 rings (SSSR count). The van der Waals surface area contributed by atoms with E-state index in [4.69, 9.17) is 0 Å². The fourth-order valence-corrected chi connectivity index (χ4v) is 2.77. The summed E-state index contributed by atoms with van der Waals surface area (Å²) in [5, 5.41) is 0. The number of aromatic nitrogens is 3. The summed E-state index contributed by atoms with van der Waals surface area (Å²) >= 11 is 0. The highest BCUT2D eigenvalue weighted by Crippen LogP contribution is 2.31. The van der Waals surface area contributed by atoms with Gasteiger partial charge in [0, 0.05) is 30.4 Å². The molecule has 6 heteroatoms. The maximum atomic E-state index is 13.9. The van der Waals surface area contributed by atoms with Crippen LogP contribution in [-0.4, -0.2) is 14.4 Å². The lowest BCUT2D eigenvalue weighted by Crippen LogP contribution is -2.22. The van der Waals surface area contributed by atoms with Crippen LogP contribution in [0.2, 0.25) is 0 Å². The van der Waals surface area contributed by atoms with Gasteiger partial charge in [0.25, 0.3) is 11.5 Å². The summed E-state index contributed by atoms with van der Waals surface area (Å²) in [6.45, 7) is 10.5. The smallest absolute Gasteiger partial charge is 0.269 e. The van der Waals surface area contributed by atoms with Crippen molar-refractivity contribution in [2.75, 3.05) is 0 Å². The van der Waals surface area contributed by atoms with Crippen LogP contribution >= 0.6 is 0 Å². The maximum Gasteiger partial charge on any atom is 0.271 e. The first-order valence-corrected chi connectivity index (χ1v) is 9.48. The van der Waals surface area contributed by atoms with Crippen LogP contribution in [0.1, 0.15) is 63.6 Å². The number of halogens is 2. The van der Waals surface area contributed by atoms with Crippen LogP contribution in [-0.2, 0) is 5.92 Å². The minimum Gasteiger partial charge on any atom is -0.269 e. The molecule has 0 fully saturated rings. The number of nitrogens with zero attached hydrogens (tertiary/aromatic N) is 3. The van der Waals surface area contributed by atoms with Gasteiger partial charge in [-0.15, -0.1) is 0 Å². The highest BCUT2D eigenvalue weighted by molar-refractivity contribution is 5.63. The molecule has 0 aromatic carbocycles. The van der Waals surface area contributed by atoms with Gasteiger partial charge in [-0.1, -0.05) is 40.2 Å². The molecule has 0 saturated heterocycles. The standard InChI is InChI=1S/C19H19F2N3O.C3H8/c1-11(2)14-9-13(19(4,20)21)10-24-17(14)23-16(12(3)18(24)25)15-7-5-6-8-22-15;1-3-2/h5-11H,1-4H3;3H2,1-2H3. The molecule has 0 radical (unpaired) electrons. The SMILES string of the molecule is CCC.Cc1c(-c2ccccn2)nc2c(C(C)C)cc(C(C)(F)F)cn2c1=O. The number of fused-ring (bicyclic) bond motifs is 1. The van der Waals surface area contributed by atoms with E-state index in [2.05, 4.69) is 23.8 Å². The average molecular weight is 387 g/mol. The van der Waals surface area contributed by atoms with Crippen molar-refractivity contribution in [1.29, 1.82) is 0 Å². The Labute approximate surface area is 164 Å². The first-order chi connectivity index (χ1) is 13.1. The van der Waals surface area contributed by atoms with E-state index in [0.29, 0.717) is 28.2 Å². The van der Waals surface area contributed by atoms with Crippen molar-refractivity contribution in [3.8, 4) is 11.4 Å². The lowest BCUT2D eigenvalue weighted by Gasteiger charge is -2.18. The Morgan fingerprint density at radius 1 is 1.21 bits per heavy atom. The van der Waals surface area contributed by atoms with Crippen molar-refractivity contribution in [2.24, 2.45) is 0 Å². The van der Waals surface area contributed by atoms with Gasteiger partial charge in [-0.2, -0.15) is 0 Å². The van der Waals surface area contributed by atoms with Crippen LogP contribution in [0.5, 0.6) is 0 Å². The second-order valence-electron chi connectivity index (χ2n) is 7.23. The Hall–Kier alpha value is -2.63. The summed E-state index contributed by atoms with van der Waals surface area (Å²) in [6, 6.07) is 6.80. The third-order valence-electron chi connectivity index (χ3n) is 4.21. The third-order valence-corrected chi connectivity index (χ3v) is 4.21. The summed E-state index contributed by atoms with van der Waals surface area (Å²) in [5.74, 6) is -3.10. The van der Waals surface area contributed by atoms with Crippen LogP contribution in [0.4, 0.5) is 8.78 Å². The summed E-state index contributed by atoms with van der Waals surface area (Å²) in [6.07, 6.45) is 4.06. The first-order valence-electron chi connectivity index (χ1n) is 9.48. The van der Waals surface area contributed by atoms with Gasteiger partial charge in [0.05, 0.1) is 11.4 Å². The first kappa shape index (κ1) is 21.7. The van der Waals surface area contributed by atoms with E-state index in [1.807, 2.05) is 19.9 Å². The van der Waals surface area contributed by atoms with Crippen molar-refractivity contribution in [1.82, 2.24) is 14.4 Å². The van der Waals surface area contributed by atoms with Crippen LogP contribution < -0.4 is 5.56 Å². The molecule has 3 aromatic rings. The molecule has 0 N–H and O–H groups in total. The van der Waals surface area contributed by atoms with E-state index in [1.54, 1.807) is 25.3 Å². The van der Waals surface area contributed by atoms with Gasteiger partial charge in [-0.25, -0.2) is 13.8 Å². The van der Waals surface area contributed by atoms with Gasteiger partial charge < -0.3 is 0 Å². The Balaban J connectivity index is 0.000000878. The second-order valence-corrected chi connectivity index (χ2v) is 7.23. The maximum absolute atomic E-state index is 13.9. The van der Waals surface area contributed by atoms with E-state index < -0.39 is 5.92 Å². The van der Waals surface area contributed by atoms with Crippen LogP contribution in [0.25, 0.3) is 17.0 Å². The largest absolute Gasteiger partial charge is 0.271 e.